The third kappa shape index (κ3) is 2.40. The number of pyridine rings is 1. The highest BCUT2D eigenvalue weighted by Crippen LogP contribution is 2.21. The maximum atomic E-state index is 12.4. The fourth-order valence-electron chi connectivity index (χ4n) is 1.93. The molecule has 18 heavy (non-hydrogen) atoms. The second-order valence-electron chi connectivity index (χ2n) is 4.08. The van der Waals surface area contributed by atoms with Crippen molar-refractivity contribution >= 4 is 11.6 Å². The highest BCUT2D eigenvalue weighted by atomic mass is 16.2. The van der Waals surface area contributed by atoms with Crippen molar-refractivity contribution in [2.24, 2.45) is 0 Å². The van der Waals surface area contributed by atoms with Crippen LogP contribution in [0.25, 0.3) is 0 Å². The molecule has 0 N–H and O–H groups in total. The molecule has 0 atom stereocenters. The lowest BCUT2D eigenvalue weighted by atomic mass is 10.1. The van der Waals surface area contributed by atoms with Crippen LogP contribution in [-0.2, 0) is 0 Å². The normalized spacial score (nSPS) is 10.1. The molecule has 0 fully saturated rings. The molecule has 0 spiro atoms. The first kappa shape index (κ1) is 12.3. The van der Waals surface area contributed by atoms with E-state index in [1.54, 1.807) is 29.4 Å². The summed E-state index contributed by atoms with van der Waals surface area (Å²) in [5, 5.41) is 0. The van der Waals surface area contributed by atoms with Crippen molar-refractivity contribution in [3.8, 4) is 0 Å². The maximum Gasteiger partial charge on any atom is 0.259 e. The molecule has 0 radical (unpaired) electrons. The van der Waals surface area contributed by atoms with Gasteiger partial charge in [0.2, 0.25) is 0 Å². The Labute approximate surface area is 107 Å². The molecule has 1 amide bonds. The average Bonchev–Trinajstić information content (AvgIpc) is 2.42. The van der Waals surface area contributed by atoms with Crippen molar-refractivity contribution in [3.05, 3.63) is 59.9 Å². The molecular weight excluding hydrogens is 224 g/mol. The minimum absolute atomic E-state index is 0.0140. The number of aryl methyl sites for hydroxylation is 1. The molecule has 2 aromatic rings. The Kier molecular flexibility index (Phi) is 3.72. The summed E-state index contributed by atoms with van der Waals surface area (Å²) in [6.45, 7) is 4.62. The Morgan fingerprint density at radius 2 is 2.00 bits per heavy atom. The van der Waals surface area contributed by atoms with Crippen molar-refractivity contribution < 1.29 is 4.79 Å². The molecule has 0 saturated carbocycles. The van der Waals surface area contributed by atoms with Crippen LogP contribution in [0.3, 0.4) is 0 Å². The van der Waals surface area contributed by atoms with Crippen molar-refractivity contribution in [2.75, 3.05) is 11.4 Å². The van der Waals surface area contributed by atoms with Gasteiger partial charge in [-0.15, -0.1) is 0 Å². The third-order valence-corrected chi connectivity index (χ3v) is 2.88. The number of rotatable bonds is 3. The van der Waals surface area contributed by atoms with E-state index in [-0.39, 0.29) is 5.91 Å². The van der Waals surface area contributed by atoms with E-state index in [2.05, 4.69) is 4.98 Å². The number of amides is 1. The molecule has 0 bridgehead atoms. The van der Waals surface area contributed by atoms with Crippen molar-refractivity contribution in [1.29, 1.82) is 0 Å². The second-order valence-corrected chi connectivity index (χ2v) is 4.08. The standard InChI is InChI=1S/C15H16N2O/c1-3-17(14-9-5-4-7-12(14)2)15(18)13-8-6-10-16-11-13/h4-11H,3H2,1-2H3. The largest absolute Gasteiger partial charge is 0.308 e. The predicted octanol–water partition coefficient (Wildman–Crippen LogP) is 3.06. The Hall–Kier alpha value is -2.16. The lowest BCUT2D eigenvalue weighted by molar-refractivity contribution is 0.0988. The van der Waals surface area contributed by atoms with E-state index in [0.717, 1.165) is 11.3 Å². The number of hydrogen-bond acceptors (Lipinski definition) is 2. The summed E-state index contributed by atoms with van der Waals surface area (Å²) in [5.41, 5.74) is 2.66. The van der Waals surface area contributed by atoms with Crippen LogP contribution in [0.2, 0.25) is 0 Å². The first-order valence-electron chi connectivity index (χ1n) is 6.01. The molecule has 1 aromatic carbocycles. The molecule has 2 rings (SSSR count). The molecule has 0 unspecified atom stereocenters. The molecule has 0 aliphatic rings. The predicted molar refractivity (Wildman–Crippen MR) is 72.8 cm³/mol. The molecule has 1 aromatic heterocycles. The monoisotopic (exact) mass is 240 g/mol. The summed E-state index contributed by atoms with van der Waals surface area (Å²) in [4.78, 5) is 18.2. The Bertz CT molecular complexity index is 537. The van der Waals surface area contributed by atoms with E-state index in [1.807, 2.05) is 38.1 Å². The summed E-state index contributed by atoms with van der Waals surface area (Å²) >= 11 is 0. The Morgan fingerprint density at radius 1 is 1.22 bits per heavy atom. The molecule has 3 nitrogen and oxygen atoms in total. The zero-order valence-electron chi connectivity index (χ0n) is 10.6. The molecule has 3 heteroatoms. The zero-order valence-corrected chi connectivity index (χ0v) is 10.6. The summed E-state index contributed by atoms with van der Waals surface area (Å²) in [7, 11) is 0. The topological polar surface area (TPSA) is 33.2 Å². The number of carbonyl (C=O) groups is 1. The number of nitrogens with zero attached hydrogens (tertiary/aromatic N) is 2. The van der Waals surface area contributed by atoms with Gasteiger partial charge >= 0.3 is 0 Å². The van der Waals surface area contributed by atoms with Crippen LogP contribution < -0.4 is 4.90 Å². The van der Waals surface area contributed by atoms with Crippen LogP contribution in [0.4, 0.5) is 5.69 Å². The minimum atomic E-state index is -0.0140. The fourth-order valence-corrected chi connectivity index (χ4v) is 1.93. The van der Waals surface area contributed by atoms with Gasteiger partial charge in [0.1, 0.15) is 0 Å². The van der Waals surface area contributed by atoms with Gasteiger partial charge in [0, 0.05) is 24.6 Å². The molecule has 0 aliphatic carbocycles. The highest BCUT2D eigenvalue weighted by molar-refractivity contribution is 6.06. The lowest BCUT2D eigenvalue weighted by Gasteiger charge is -2.22. The van der Waals surface area contributed by atoms with Crippen LogP contribution in [0.1, 0.15) is 22.8 Å². The first-order valence-corrected chi connectivity index (χ1v) is 6.01. The van der Waals surface area contributed by atoms with E-state index in [9.17, 15) is 4.79 Å². The van der Waals surface area contributed by atoms with Crippen LogP contribution in [0.15, 0.2) is 48.8 Å². The summed E-state index contributed by atoms with van der Waals surface area (Å²) < 4.78 is 0. The molecule has 1 heterocycles. The molecule has 0 aliphatic heterocycles. The smallest absolute Gasteiger partial charge is 0.259 e. The quantitative estimate of drug-likeness (QED) is 0.826. The summed E-state index contributed by atoms with van der Waals surface area (Å²) in [6, 6.07) is 11.5. The second kappa shape index (κ2) is 5.45. The number of para-hydroxylation sites is 1. The van der Waals surface area contributed by atoms with Crippen LogP contribution in [0, 0.1) is 6.92 Å². The molecule has 0 saturated heterocycles. The Morgan fingerprint density at radius 3 is 2.61 bits per heavy atom. The molecule has 92 valence electrons. The van der Waals surface area contributed by atoms with Gasteiger partial charge in [0.15, 0.2) is 0 Å². The van der Waals surface area contributed by atoms with Gasteiger partial charge in [0.25, 0.3) is 5.91 Å². The van der Waals surface area contributed by atoms with Crippen LogP contribution in [0.5, 0.6) is 0 Å². The number of aromatic nitrogens is 1. The SMILES string of the molecule is CCN(C(=O)c1cccnc1)c1ccccc1C. The van der Waals surface area contributed by atoms with Gasteiger partial charge < -0.3 is 4.90 Å². The van der Waals surface area contributed by atoms with Gasteiger partial charge in [-0.25, -0.2) is 0 Å². The first-order chi connectivity index (χ1) is 8.74. The van der Waals surface area contributed by atoms with Gasteiger partial charge in [-0.05, 0) is 37.6 Å². The number of benzene rings is 1. The van der Waals surface area contributed by atoms with E-state index in [4.69, 9.17) is 0 Å². The van der Waals surface area contributed by atoms with E-state index in [1.165, 1.54) is 0 Å². The lowest BCUT2D eigenvalue weighted by Crippen LogP contribution is -2.31. The van der Waals surface area contributed by atoms with Crippen molar-refractivity contribution in [2.45, 2.75) is 13.8 Å². The maximum absolute atomic E-state index is 12.4. The van der Waals surface area contributed by atoms with Gasteiger partial charge in [-0.1, -0.05) is 18.2 Å². The number of hydrogen-bond donors (Lipinski definition) is 0. The van der Waals surface area contributed by atoms with Gasteiger partial charge in [-0.2, -0.15) is 0 Å². The van der Waals surface area contributed by atoms with Crippen molar-refractivity contribution in [1.82, 2.24) is 4.98 Å². The Balaban J connectivity index is 2.36. The van der Waals surface area contributed by atoms with Crippen LogP contribution >= 0.6 is 0 Å². The van der Waals surface area contributed by atoms with E-state index < -0.39 is 0 Å². The van der Waals surface area contributed by atoms with Gasteiger partial charge in [-0.3, -0.25) is 9.78 Å². The molecular formula is C15H16N2O. The zero-order chi connectivity index (χ0) is 13.0. The number of carbonyl (C=O) groups excluding carboxylic acids is 1. The average molecular weight is 240 g/mol. The van der Waals surface area contributed by atoms with E-state index in [0.29, 0.717) is 12.1 Å². The number of anilines is 1. The highest BCUT2D eigenvalue weighted by Gasteiger charge is 2.17. The van der Waals surface area contributed by atoms with Crippen LogP contribution in [-0.4, -0.2) is 17.4 Å². The minimum Gasteiger partial charge on any atom is -0.308 e. The van der Waals surface area contributed by atoms with Gasteiger partial charge in [0.05, 0.1) is 5.56 Å². The van der Waals surface area contributed by atoms with Crippen molar-refractivity contribution in [3.63, 3.8) is 0 Å². The summed E-state index contributed by atoms with van der Waals surface area (Å²) in [6.07, 6.45) is 3.27. The summed E-state index contributed by atoms with van der Waals surface area (Å²) in [5.74, 6) is -0.0140. The third-order valence-electron chi connectivity index (χ3n) is 2.88. The fraction of sp³-hybridized carbons (Fsp3) is 0.200. The van der Waals surface area contributed by atoms with E-state index >= 15 is 0 Å².